The van der Waals surface area contributed by atoms with Crippen molar-refractivity contribution in [2.75, 3.05) is 19.8 Å². The Kier molecular flexibility index (Phi) is 29.5. The first kappa shape index (κ1) is 53.6. The summed E-state index contributed by atoms with van der Waals surface area (Å²) in [6.45, 7) is 2.58. The van der Waals surface area contributed by atoms with Crippen molar-refractivity contribution in [2.45, 2.75) is 190 Å². The summed E-state index contributed by atoms with van der Waals surface area (Å²) in [5, 5.41) is 86.2. The first-order chi connectivity index (χ1) is 29.1. The summed E-state index contributed by atoms with van der Waals surface area (Å²) in [7, 11) is 0. The summed E-state index contributed by atoms with van der Waals surface area (Å²) in [6.07, 6.45) is 22.4. The second-order valence-electron chi connectivity index (χ2n) is 15.4. The summed E-state index contributed by atoms with van der Waals surface area (Å²) >= 11 is 0. The summed E-state index contributed by atoms with van der Waals surface area (Å²) in [4.78, 5) is 13.0. The zero-order valence-corrected chi connectivity index (χ0v) is 35.9. The number of carbonyl (C=O) groups excluding carboxylic acids is 1. The Hall–Kier alpha value is -2.57. The van der Waals surface area contributed by atoms with Crippen molar-refractivity contribution in [1.29, 1.82) is 0 Å². The SMILES string of the molecule is CC/C=C\C/C=C\C/C=C\C/C=C\C/C=C\C/C=C\CCC(=O)NC(COC1OC(CO)C(OC2OC(CO)C(O)C(O)C2O)C(O)C1O)C(O)CCCCCCCCC. The number of aliphatic hydroxyl groups excluding tert-OH is 8. The fourth-order valence-electron chi connectivity index (χ4n) is 6.79. The summed E-state index contributed by atoms with van der Waals surface area (Å²) in [5.41, 5.74) is 0. The second-order valence-corrected chi connectivity index (χ2v) is 15.4. The Bertz CT molecular complexity index is 1280. The van der Waals surface area contributed by atoms with E-state index >= 15 is 0 Å². The summed E-state index contributed by atoms with van der Waals surface area (Å²) in [5.74, 6) is -0.298. The molecular formula is C46H77NO13. The van der Waals surface area contributed by atoms with Crippen LogP contribution < -0.4 is 5.32 Å². The molecule has 344 valence electrons. The number of hydrogen-bond donors (Lipinski definition) is 9. The largest absolute Gasteiger partial charge is 0.394 e. The Morgan fingerprint density at radius 1 is 0.617 bits per heavy atom. The topological polar surface area (TPSA) is 228 Å². The van der Waals surface area contributed by atoms with Gasteiger partial charge in [0.25, 0.3) is 0 Å². The minimum absolute atomic E-state index is 0.174. The number of hydrogen-bond acceptors (Lipinski definition) is 13. The number of aliphatic hydroxyl groups is 8. The molecule has 1 amide bonds. The highest BCUT2D eigenvalue weighted by Crippen LogP contribution is 2.30. The van der Waals surface area contributed by atoms with Crippen molar-refractivity contribution < 1.29 is 64.6 Å². The summed E-state index contributed by atoms with van der Waals surface area (Å²) < 4.78 is 22.6. The van der Waals surface area contributed by atoms with E-state index in [4.69, 9.17) is 18.9 Å². The Labute approximate surface area is 358 Å². The molecule has 0 aromatic rings. The molecular weight excluding hydrogens is 774 g/mol. The molecule has 12 atom stereocenters. The molecule has 14 heteroatoms. The molecule has 0 aromatic carbocycles. The van der Waals surface area contributed by atoms with Gasteiger partial charge in [-0.2, -0.15) is 0 Å². The van der Waals surface area contributed by atoms with E-state index < -0.39 is 86.8 Å². The molecule has 2 aliphatic heterocycles. The van der Waals surface area contributed by atoms with Crippen molar-refractivity contribution in [3.63, 3.8) is 0 Å². The first-order valence-corrected chi connectivity index (χ1v) is 22.2. The van der Waals surface area contributed by atoms with Crippen LogP contribution in [0.5, 0.6) is 0 Å². The molecule has 0 saturated carbocycles. The molecule has 9 N–H and O–H groups in total. The lowest BCUT2D eigenvalue weighted by Crippen LogP contribution is -2.65. The molecule has 0 bridgehead atoms. The van der Waals surface area contributed by atoms with Crippen LogP contribution in [-0.2, 0) is 23.7 Å². The number of rotatable bonds is 31. The zero-order chi connectivity index (χ0) is 44.0. The quantitative estimate of drug-likeness (QED) is 0.0354. The number of carbonyl (C=O) groups is 1. The highest BCUT2D eigenvalue weighted by molar-refractivity contribution is 5.76. The molecule has 2 rings (SSSR count). The molecule has 0 aromatic heterocycles. The van der Waals surface area contributed by atoms with Gasteiger partial charge in [0.1, 0.15) is 48.8 Å². The monoisotopic (exact) mass is 852 g/mol. The van der Waals surface area contributed by atoms with Gasteiger partial charge in [0.15, 0.2) is 12.6 Å². The van der Waals surface area contributed by atoms with Crippen LogP contribution in [0.2, 0.25) is 0 Å². The lowest BCUT2D eigenvalue weighted by molar-refractivity contribution is -0.359. The third-order valence-corrected chi connectivity index (χ3v) is 10.4. The van der Waals surface area contributed by atoms with E-state index in [-0.39, 0.29) is 18.9 Å². The molecule has 0 radical (unpaired) electrons. The average Bonchev–Trinajstić information content (AvgIpc) is 3.24. The van der Waals surface area contributed by atoms with Crippen molar-refractivity contribution in [1.82, 2.24) is 5.32 Å². The van der Waals surface area contributed by atoms with Gasteiger partial charge in [-0.05, 0) is 51.4 Å². The van der Waals surface area contributed by atoms with Crippen LogP contribution in [0.1, 0.15) is 117 Å². The van der Waals surface area contributed by atoms with Gasteiger partial charge in [-0.15, -0.1) is 0 Å². The lowest BCUT2D eigenvalue weighted by atomic mass is 9.97. The van der Waals surface area contributed by atoms with Crippen molar-refractivity contribution in [3.05, 3.63) is 72.9 Å². The molecule has 0 aliphatic carbocycles. The molecule has 0 spiro atoms. The number of allylic oxidation sites excluding steroid dienone is 12. The maximum Gasteiger partial charge on any atom is 0.220 e. The van der Waals surface area contributed by atoms with Gasteiger partial charge in [-0.1, -0.05) is 132 Å². The number of amides is 1. The molecule has 14 nitrogen and oxygen atoms in total. The number of ether oxygens (including phenoxy) is 4. The van der Waals surface area contributed by atoms with Gasteiger partial charge in [0, 0.05) is 6.42 Å². The first-order valence-electron chi connectivity index (χ1n) is 22.2. The van der Waals surface area contributed by atoms with Crippen LogP contribution in [0, 0.1) is 0 Å². The fraction of sp³-hybridized carbons (Fsp3) is 0.717. The van der Waals surface area contributed by atoms with E-state index in [1.165, 1.54) is 12.8 Å². The predicted molar refractivity (Wildman–Crippen MR) is 230 cm³/mol. The molecule has 2 saturated heterocycles. The smallest absolute Gasteiger partial charge is 0.220 e. The standard InChI is InChI=1S/C46H77NO13/c1-3-5-7-9-11-12-13-14-15-16-17-18-19-20-21-22-24-26-28-30-38(51)47-34(35(50)29-27-25-23-10-8-6-4-2)33-57-45-43(56)41(54)44(37(32-49)59-45)60-46-42(55)40(53)39(52)36(31-48)58-46/h5,7,11-12,14-15,17-18,20-21,24,26,34-37,39-46,48-50,52-56H,3-4,6,8-10,13,16,19,22-23,25,27-33H2,1-2H3,(H,47,51)/b7-5-,12-11-,15-14-,18-17-,21-20-,26-24-. The van der Waals surface area contributed by atoms with Gasteiger partial charge in [-0.3, -0.25) is 4.79 Å². The van der Waals surface area contributed by atoms with E-state index in [9.17, 15) is 45.6 Å². The zero-order valence-electron chi connectivity index (χ0n) is 35.9. The van der Waals surface area contributed by atoms with Crippen molar-refractivity contribution >= 4 is 5.91 Å². The van der Waals surface area contributed by atoms with Crippen LogP contribution in [0.15, 0.2) is 72.9 Å². The average molecular weight is 852 g/mol. The van der Waals surface area contributed by atoms with Gasteiger partial charge in [0.05, 0.1) is 32.0 Å². The van der Waals surface area contributed by atoms with Crippen LogP contribution in [0.3, 0.4) is 0 Å². The highest BCUT2D eigenvalue weighted by atomic mass is 16.7. The Balaban J connectivity index is 1.87. The maximum atomic E-state index is 13.0. The molecule has 12 unspecified atom stereocenters. The normalized spacial score (nSPS) is 29.0. The van der Waals surface area contributed by atoms with Gasteiger partial charge in [0.2, 0.25) is 5.91 Å². The van der Waals surface area contributed by atoms with Crippen molar-refractivity contribution in [2.24, 2.45) is 0 Å². The molecule has 2 aliphatic rings. The van der Waals surface area contributed by atoms with E-state index in [0.29, 0.717) is 12.8 Å². The highest BCUT2D eigenvalue weighted by Gasteiger charge is 2.51. The number of nitrogens with one attached hydrogen (secondary N) is 1. The minimum Gasteiger partial charge on any atom is -0.394 e. The molecule has 60 heavy (non-hydrogen) atoms. The van der Waals surface area contributed by atoms with Crippen LogP contribution in [0.25, 0.3) is 0 Å². The molecule has 2 heterocycles. The van der Waals surface area contributed by atoms with Gasteiger partial charge >= 0.3 is 0 Å². The third kappa shape index (κ3) is 21.0. The van der Waals surface area contributed by atoms with Crippen LogP contribution in [-0.4, -0.2) is 140 Å². The van der Waals surface area contributed by atoms with Gasteiger partial charge in [-0.25, -0.2) is 0 Å². The van der Waals surface area contributed by atoms with E-state index in [1.807, 2.05) is 12.2 Å². The number of unbranched alkanes of at least 4 members (excludes halogenated alkanes) is 6. The van der Waals surface area contributed by atoms with E-state index in [1.54, 1.807) is 0 Å². The van der Waals surface area contributed by atoms with Crippen molar-refractivity contribution in [3.8, 4) is 0 Å². The van der Waals surface area contributed by atoms with Crippen LogP contribution in [0.4, 0.5) is 0 Å². The fourth-order valence-corrected chi connectivity index (χ4v) is 6.79. The predicted octanol–water partition coefficient (Wildman–Crippen LogP) is 4.09. The molecule has 2 fully saturated rings. The minimum atomic E-state index is -1.79. The van der Waals surface area contributed by atoms with E-state index in [2.05, 4.69) is 79.9 Å². The van der Waals surface area contributed by atoms with E-state index in [0.717, 1.165) is 70.6 Å². The van der Waals surface area contributed by atoms with Crippen LogP contribution >= 0.6 is 0 Å². The maximum absolute atomic E-state index is 13.0. The lowest BCUT2D eigenvalue weighted by Gasteiger charge is -2.46. The Morgan fingerprint density at radius 2 is 1.12 bits per heavy atom. The second kappa shape index (κ2) is 33.0. The van der Waals surface area contributed by atoms with Gasteiger partial charge < -0.3 is 65.1 Å². The third-order valence-electron chi connectivity index (χ3n) is 10.4. The summed E-state index contributed by atoms with van der Waals surface area (Å²) in [6, 6.07) is -0.869. The Morgan fingerprint density at radius 3 is 1.67 bits per heavy atom.